The fourth-order valence-corrected chi connectivity index (χ4v) is 2.81. The number of benzene rings is 2. The van der Waals surface area contributed by atoms with Crippen molar-refractivity contribution in [2.24, 2.45) is 4.99 Å². The van der Waals surface area contributed by atoms with Crippen LogP contribution in [0.4, 0.5) is 5.69 Å². The van der Waals surface area contributed by atoms with Gasteiger partial charge < -0.3 is 24.8 Å². The molecule has 0 amide bonds. The first-order valence-corrected chi connectivity index (χ1v) is 8.17. The van der Waals surface area contributed by atoms with Crippen molar-refractivity contribution in [3.05, 3.63) is 48.0 Å². The number of guanidine groups is 1. The van der Waals surface area contributed by atoms with Crippen molar-refractivity contribution < 1.29 is 14.2 Å². The molecule has 0 aliphatic carbocycles. The molecule has 2 N–H and O–H groups in total. The Balaban J connectivity index is 0.00000243. The number of halogens is 1. The van der Waals surface area contributed by atoms with Crippen LogP contribution in [0.2, 0.25) is 0 Å². The van der Waals surface area contributed by atoms with E-state index >= 15 is 0 Å². The second-order valence-corrected chi connectivity index (χ2v) is 5.70. The Morgan fingerprint density at radius 3 is 2.62 bits per heavy atom. The van der Waals surface area contributed by atoms with Crippen LogP contribution in [0.15, 0.2) is 47.5 Å². The van der Waals surface area contributed by atoms with Crippen LogP contribution in [0.1, 0.15) is 5.56 Å². The van der Waals surface area contributed by atoms with E-state index in [0.717, 1.165) is 17.9 Å². The van der Waals surface area contributed by atoms with Crippen LogP contribution >= 0.6 is 24.0 Å². The number of anilines is 1. The van der Waals surface area contributed by atoms with Crippen molar-refractivity contribution in [2.75, 3.05) is 33.1 Å². The predicted octanol–water partition coefficient (Wildman–Crippen LogP) is 3.31. The van der Waals surface area contributed by atoms with E-state index in [1.807, 2.05) is 36.4 Å². The molecule has 0 spiro atoms. The molecule has 3 rings (SSSR count). The molecule has 0 radical (unpaired) electrons. The third-order valence-corrected chi connectivity index (χ3v) is 4.08. The molecule has 0 saturated carbocycles. The molecule has 2 aromatic carbocycles. The Morgan fingerprint density at radius 2 is 1.92 bits per heavy atom. The zero-order valence-corrected chi connectivity index (χ0v) is 17.4. The SMILES string of the molecule is CN=C(NCC1Cc2ccccc2O1)Nc1ccc(OC)c(OC)c1.I. The van der Waals surface area contributed by atoms with Gasteiger partial charge in [-0.25, -0.2) is 0 Å². The first-order chi connectivity index (χ1) is 12.2. The highest BCUT2D eigenvalue weighted by Gasteiger charge is 2.22. The molecule has 26 heavy (non-hydrogen) atoms. The van der Waals surface area contributed by atoms with E-state index in [-0.39, 0.29) is 30.1 Å². The number of nitrogens with one attached hydrogen (secondary N) is 2. The van der Waals surface area contributed by atoms with E-state index in [1.54, 1.807) is 21.3 Å². The van der Waals surface area contributed by atoms with Crippen LogP contribution in [-0.2, 0) is 6.42 Å². The normalized spacial score (nSPS) is 15.3. The summed E-state index contributed by atoms with van der Waals surface area (Å²) in [6.45, 7) is 0.668. The van der Waals surface area contributed by atoms with Crippen molar-refractivity contribution in [1.82, 2.24) is 5.32 Å². The summed E-state index contributed by atoms with van der Waals surface area (Å²) in [6, 6.07) is 13.8. The summed E-state index contributed by atoms with van der Waals surface area (Å²) < 4.78 is 16.5. The molecule has 6 nitrogen and oxygen atoms in total. The molecule has 1 atom stereocenters. The molecule has 1 aliphatic heterocycles. The summed E-state index contributed by atoms with van der Waals surface area (Å²) in [5.41, 5.74) is 2.11. The number of methoxy groups -OCH3 is 2. The maximum absolute atomic E-state index is 5.94. The molecule has 1 heterocycles. The minimum Gasteiger partial charge on any atom is -0.493 e. The van der Waals surface area contributed by atoms with Gasteiger partial charge in [-0.05, 0) is 23.8 Å². The Morgan fingerprint density at radius 1 is 1.15 bits per heavy atom. The number of para-hydroxylation sites is 1. The minimum absolute atomic E-state index is 0. The van der Waals surface area contributed by atoms with Crippen LogP contribution in [0.3, 0.4) is 0 Å². The van der Waals surface area contributed by atoms with Crippen LogP contribution < -0.4 is 24.8 Å². The fourth-order valence-electron chi connectivity index (χ4n) is 2.81. The molecule has 0 aromatic heterocycles. The van der Waals surface area contributed by atoms with Gasteiger partial charge in [0.05, 0.1) is 20.8 Å². The van der Waals surface area contributed by atoms with E-state index in [0.29, 0.717) is 24.0 Å². The monoisotopic (exact) mass is 469 g/mol. The van der Waals surface area contributed by atoms with Gasteiger partial charge in [0.15, 0.2) is 17.5 Å². The maximum Gasteiger partial charge on any atom is 0.195 e. The summed E-state index contributed by atoms with van der Waals surface area (Å²) in [6.07, 6.45) is 0.998. The Bertz CT molecular complexity index is 742. The summed E-state index contributed by atoms with van der Waals surface area (Å²) in [5.74, 6) is 2.99. The van der Waals surface area contributed by atoms with Gasteiger partial charge >= 0.3 is 0 Å². The highest BCUT2D eigenvalue weighted by molar-refractivity contribution is 14.0. The highest BCUT2D eigenvalue weighted by atomic mass is 127. The zero-order valence-electron chi connectivity index (χ0n) is 15.1. The van der Waals surface area contributed by atoms with Crippen molar-refractivity contribution in [3.63, 3.8) is 0 Å². The van der Waals surface area contributed by atoms with E-state index < -0.39 is 0 Å². The number of rotatable bonds is 5. The van der Waals surface area contributed by atoms with Crippen molar-refractivity contribution >= 4 is 35.6 Å². The van der Waals surface area contributed by atoms with Crippen molar-refractivity contribution in [3.8, 4) is 17.2 Å². The molecule has 7 heteroatoms. The van der Waals surface area contributed by atoms with Gasteiger partial charge in [-0.1, -0.05) is 18.2 Å². The summed E-state index contributed by atoms with van der Waals surface area (Å²) >= 11 is 0. The first kappa shape index (κ1) is 20.2. The lowest BCUT2D eigenvalue weighted by Crippen LogP contribution is -2.38. The maximum atomic E-state index is 5.94. The van der Waals surface area contributed by atoms with Crippen LogP contribution in [0.5, 0.6) is 17.2 Å². The van der Waals surface area contributed by atoms with Gasteiger partial charge in [-0.3, -0.25) is 4.99 Å². The van der Waals surface area contributed by atoms with E-state index in [1.165, 1.54) is 5.56 Å². The van der Waals surface area contributed by atoms with Gasteiger partial charge in [0.25, 0.3) is 0 Å². The van der Waals surface area contributed by atoms with Crippen LogP contribution in [0, 0.1) is 0 Å². The molecule has 1 aliphatic rings. The Labute approximate surface area is 171 Å². The molecular weight excluding hydrogens is 445 g/mol. The quantitative estimate of drug-likeness (QED) is 0.400. The zero-order chi connectivity index (χ0) is 17.6. The van der Waals surface area contributed by atoms with Crippen LogP contribution in [-0.4, -0.2) is 39.9 Å². The van der Waals surface area contributed by atoms with Crippen molar-refractivity contribution in [1.29, 1.82) is 0 Å². The number of hydrogen-bond acceptors (Lipinski definition) is 4. The van der Waals surface area contributed by atoms with E-state index in [9.17, 15) is 0 Å². The van der Waals surface area contributed by atoms with Crippen LogP contribution in [0.25, 0.3) is 0 Å². The highest BCUT2D eigenvalue weighted by Crippen LogP contribution is 2.30. The topological polar surface area (TPSA) is 64.1 Å². The number of ether oxygens (including phenoxy) is 3. The molecular formula is C19H24IN3O3. The second kappa shape index (κ2) is 9.51. The summed E-state index contributed by atoms with van der Waals surface area (Å²) in [7, 11) is 4.97. The van der Waals surface area contributed by atoms with E-state index in [4.69, 9.17) is 14.2 Å². The molecule has 2 aromatic rings. The smallest absolute Gasteiger partial charge is 0.195 e. The van der Waals surface area contributed by atoms with Gasteiger partial charge in [0.2, 0.25) is 0 Å². The molecule has 1 unspecified atom stereocenters. The Kier molecular flexibility index (Phi) is 7.38. The fraction of sp³-hybridized carbons (Fsp3) is 0.316. The Hall–Kier alpha value is -2.16. The van der Waals surface area contributed by atoms with Gasteiger partial charge in [-0.15, -0.1) is 24.0 Å². The second-order valence-electron chi connectivity index (χ2n) is 5.70. The molecule has 140 valence electrons. The number of nitrogens with zero attached hydrogens (tertiary/aromatic N) is 1. The lowest BCUT2D eigenvalue weighted by Gasteiger charge is -2.16. The molecule has 0 saturated heterocycles. The average molecular weight is 469 g/mol. The largest absolute Gasteiger partial charge is 0.493 e. The lowest BCUT2D eigenvalue weighted by atomic mass is 10.1. The van der Waals surface area contributed by atoms with Crippen molar-refractivity contribution in [2.45, 2.75) is 12.5 Å². The first-order valence-electron chi connectivity index (χ1n) is 8.17. The summed E-state index contributed by atoms with van der Waals surface area (Å²) in [5, 5.41) is 6.55. The standard InChI is InChI=1S/C19H23N3O3.HI/c1-20-19(22-14-8-9-17(23-2)18(11-14)24-3)21-12-15-10-13-6-4-5-7-16(13)25-15;/h4-9,11,15H,10,12H2,1-3H3,(H2,20,21,22);1H. The third-order valence-electron chi connectivity index (χ3n) is 4.08. The molecule has 0 fully saturated rings. The van der Waals surface area contributed by atoms with E-state index in [2.05, 4.69) is 21.7 Å². The average Bonchev–Trinajstić information content (AvgIpc) is 3.07. The number of aliphatic imine (C=N–C) groups is 1. The van der Waals surface area contributed by atoms with Gasteiger partial charge in [-0.2, -0.15) is 0 Å². The third kappa shape index (κ3) is 4.72. The number of fused-ring (bicyclic) bond motifs is 1. The minimum atomic E-state index is 0. The van der Waals surface area contributed by atoms with Gasteiger partial charge in [0, 0.05) is 25.2 Å². The van der Waals surface area contributed by atoms with Gasteiger partial charge in [0.1, 0.15) is 11.9 Å². The lowest BCUT2D eigenvalue weighted by molar-refractivity contribution is 0.235. The number of hydrogen-bond donors (Lipinski definition) is 2. The predicted molar refractivity (Wildman–Crippen MR) is 115 cm³/mol. The summed E-state index contributed by atoms with van der Waals surface area (Å²) in [4.78, 5) is 4.26. The molecule has 0 bridgehead atoms.